The maximum atomic E-state index is 13.0. The number of fused-ring (bicyclic) bond motifs is 1. The van der Waals surface area contributed by atoms with Crippen molar-refractivity contribution >= 4 is 17.9 Å². The third-order valence-corrected chi connectivity index (χ3v) is 4.63. The van der Waals surface area contributed by atoms with Crippen molar-refractivity contribution in [2.24, 2.45) is 0 Å². The molecular formula is C25H26O5. The largest absolute Gasteiger partial charge is 0.496 e. The first-order valence-corrected chi connectivity index (χ1v) is 9.62. The third-order valence-electron chi connectivity index (χ3n) is 4.63. The van der Waals surface area contributed by atoms with E-state index in [-0.39, 0.29) is 5.78 Å². The van der Waals surface area contributed by atoms with Crippen LogP contribution in [0.15, 0.2) is 55.1 Å². The summed E-state index contributed by atoms with van der Waals surface area (Å²) in [6.45, 7) is 7.90. The molecule has 0 atom stereocenters. The summed E-state index contributed by atoms with van der Waals surface area (Å²) in [4.78, 5) is 13.0. The molecule has 5 heteroatoms. The van der Waals surface area contributed by atoms with Gasteiger partial charge >= 0.3 is 0 Å². The second-order valence-electron chi connectivity index (χ2n) is 7.30. The molecule has 0 N–H and O–H groups in total. The van der Waals surface area contributed by atoms with Crippen LogP contribution in [0.4, 0.5) is 0 Å². The van der Waals surface area contributed by atoms with E-state index in [1.165, 1.54) is 6.08 Å². The molecule has 3 rings (SSSR count). The lowest BCUT2D eigenvalue weighted by Crippen LogP contribution is -2.28. The zero-order valence-electron chi connectivity index (χ0n) is 17.7. The average Bonchev–Trinajstić information content (AvgIpc) is 2.74. The van der Waals surface area contributed by atoms with E-state index in [1.54, 1.807) is 44.6 Å². The van der Waals surface area contributed by atoms with Crippen LogP contribution in [-0.2, 0) is 0 Å². The van der Waals surface area contributed by atoms with Gasteiger partial charge in [-0.1, -0.05) is 24.8 Å². The van der Waals surface area contributed by atoms with Crippen LogP contribution in [0, 0.1) is 0 Å². The molecule has 0 aromatic heterocycles. The molecule has 0 amide bonds. The zero-order chi connectivity index (χ0) is 21.7. The first-order chi connectivity index (χ1) is 14.4. The summed E-state index contributed by atoms with van der Waals surface area (Å²) in [6.07, 6.45) is 8.81. The molecule has 1 aliphatic heterocycles. The molecule has 0 saturated heterocycles. The highest BCUT2D eigenvalue weighted by atomic mass is 16.5. The van der Waals surface area contributed by atoms with Crippen molar-refractivity contribution in [2.45, 2.75) is 19.4 Å². The number of benzene rings is 2. The molecule has 0 bridgehead atoms. The fourth-order valence-electron chi connectivity index (χ4n) is 3.12. The van der Waals surface area contributed by atoms with Crippen LogP contribution in [0.5, 0.6) is 23.0 Å². The summed E-state index contributed by atoms with van der Waals surface area (Å²) in [7, 11) is 3.18. The third kappa shape index (κ3) is 4.57. The quantitative estimate of drug-likeness (QED) is 0.336. The molecule has 2 aromatic carbocycles. The van der Waals surface area contributed by atoms with Crippen LogP contribution < -0.4 is 18.9 Å². The van der Waals surface area contributed by atoms with Gasteiger partial charge in [0, 0.05) is 0 Å². The summed E-state index contributed by atoms with van der Waals surface area (Å²) < 4.78 is 22.5. The number of ketones is 1. The zero-order valence-corrected chi connectivity index (χ0v) is 17.7. The molecule has 0 fully saturated rings. The van der Waals surface area contributed by atoms with Gasteiger partial charge in [-0.15, -0.1) is 0 Å². The van der Waals surface area contributed by atoms with Gasteiger partial charge in [-0.25, -0.2) is 0 Å². The van der Waals surface area contributed by atoms with E-state index < -0.39 is 5.60 Å². The molecular weight excluding hydrogens is 380 g/mol. The van der Waals surface area contributed by atoms with Crippen molar-refractivity contribution in [1.82, 2.24) is 0 Å². The van der Waals surface area contributed by atoms with Gasteiger partial charge in [0.05, 0.1) is 25.3 Å². The topological polar surface area (TPSA) is 54.0 Å². The second-order valence-corrected chi connectivity index (χ2v) is 7.30. The number of rotatable bonds is 8. The number of hydrogen-bond donors (Lipinski definition) is 0. The van der Waals surface area contributed by atoms with Crippen molar-refractivity contribution in [3.05, 3.63) is 71.8 Å². The smallest absolute Gasteiger partial charge is 0.189 e. The van der Waals surface area contributed by atoms with E-state index in [1.807, 2.05) is 38.1 Å². The Kier molecular flexibility index (Phi) is 6.31. The molecule has 0 spiro atoms. The number of carbonyl (C=O) groups is 1. The maximum absolute atomic E-state index is 13.0. The predicted molar refractivity (Wildman–Crippen MR) is 119 cm³/mol. The molecule has 0 saturated carbocycles. The Morgan fingerprint density at radius 2 is 1.83 bits per heavy atom. The summed E-state index contributed by atoms with van der Waals surface area (Å²) in [6, 6.07) is 8.98. The number of methoxy groups -OCH3 is 2. The Morgan fingerprint density at radius 1 is 1.10 bits per heavy atom. The molecule has 0 radical (unpaired) electrons. The Labute approximate surface area is 177 Å². The summed E-state index contributed by atoms with van der Waals surface area (Å²) in [5.41, 5.74) is 1.55. The van der Waals surface area contributed by atoms with Crippen molar-refractivity contribution < 1.29 is 23.7 Å². The first kappa shape index (κ1) is 21.2. The van der Waals surface area contributed by atoms with Crippen LogP contribution in [0.3, 0.4) is 0 Å². The lowest BCUT2D eigenvalue weighted by molar-refractivity contribution is 0.103. The lowest BCUT2D eigenvalue weighted by atomic mass is 9.97. The van der Waals surface area contributed by atoms with Gasteiger partial charge in [0.1, 0.15) is 23.7 Å². The normalized spacial score (nSPS) is 14.0. The monoisotopic (exact) mass is 406 g/mol. The maximum Gasteiger partial charge on any atom is 0.189 e. The minimum atomic E-state index is -0.508. The molecule has 0 unspecified atom stereocenters. The van der Waals surface area contributed by atoms with E-state index in [4.69, 9.17) is 18.9 Å². The standard InChI is InChI=1S/C25H26O5/c1-6-15-29-23-16-17(8-11-22(23)28-5)7-10-20(26)18-9-12-21(27-4)19-13-14-25(2,3)30-24(18)19/h6-14,16H,1,15H2,2-5H3. The van der Waals surface area contributed by atoms with Gasteiger partial charge in [-0.3, -0.25) is 4.79 Å². The highest BCUT2D eigenvalue weighted by Gasteiger charge is 2.27. The number of allylic oxidation sites excluding steroid dienone is 1. The van der Waals surface area contributed by atoms with Gasteiger partial charge in [0.25, 0.3) is 0 Å². The van der Waals surface area contributed by atoms with E-state index >= 15 is 0 Å². The summed E-state index contributed by atoms with van der Waals surface area (Å²) in [5.74, 6) is 2.23. The second kappa shape index (κ2) is 8.91. The van der Waals surface area contributed by atoms with Gasteiger partial charge < -0.3 is 18.9 Å². The number of carbonyl (C=O) groups excluding carboxylic acids is 1. The fourth-order valence-corrected chi connectivity index (χ4v) is 3.12. The Hall–Kier alpha value is -3.47. The van der Waals surface area contributed by atoms with Crippen molar-refractivity contribution in [3.63, 3.8) is 0 Å². The van der Waals surface area contributed by atoms with Crippen LogP contribution in [-0.4, -0.2) is 32.2 Å². The summed E-state index contributed by atoms with van der Waals surface area (Å²) in [5, 5.41) is 0. The van der Waals surface area contributed by atoms with Crippen LogP contribution in [0.1, 0.15) is 35.3 Å². The Morgan fingerprint density at radius 3 is 2.53 bits per heavy atom. The van der Waals surface area contributed by atoms with Crippen LogP contribution in [0.25, 0.3) is 12.2 Å². The van der Waals surface area contributed by atoms with E-state index in [0.29, 0.717) is 35.2 Å². The molecule has 5 nitrogen and oxygen atoms in total. The van der Waals surface area contributed by atoms with Crippen molar-refractivity contribution in [2.75, 3.05) is 20.8 Å². The first-order valence-electron chi connectivity index (χ1n) is 9.62. The minimum Gasteiger partial charge on any atom is -0.496 e. The van der Waals surface area contributed by atoms with Crippen molar-refractivity contribution in [1.29, 1.82) is 0 Å². The van der Waals surface area contributed by atoms with Gasteiger partial charge in [-0.05, 0) is 61.9 Å². The lowest BCUT2D eigenvalue weighted by Gasteiger charge is -2.29. The van der Waals surface area contributed by atoms with Crippen LogP contribution >= 0.6 is 0 Å². The molecule has 1 heterocycles. The van der Waals surface area contributed by atoms with E-state index in [9.17, 15) is 4.79 Å². The molecule has 2 aromatic rings. The predicted octanol–water partition coefficient (Wildman–Crippen LogP) is 5.35. The van der Waals surface area contributed by atoms with E-state index in [2.05, 4.69) is 6.58 Å². The SMILES string of the molecule is C=CCOc1cc(C=CC(=O)c2ccc(OC)c3c2OC(C)(C)C=C3)ccc1OC. The molecule has 30 heavy (non-hydrogen) atoms. The number of hydrogen-bond acceptors (Lipinski definition) is 5. The highest BCUT2D eigenvalue weighted by Crippen LogP contribution is 2.40. The highest BCUT2D eigenvalue weighted by molar-refractivity contribution is 6.09. The number of ether oxygens (including phenoxy) is 4. The molecule has 1 aliphatic rings. The van der Waals surface area contributed by atoms with Gasteiger partial charge in [0.2, 0.25) is 0 Å². The Bertz CT molecular complexity index is 1010. The molecule has 0 aliphatic carbocycles. The average molecular weight is 406 g/mol. The Balaban J connectivity index is 1.91. The van der Waals surface area contributed by atoms with Crippen molar-refractivity contribution in [3.8, 4) is 23.0 Å². The fraction of sp³-hybridized carbons (Fsp3) is 0.240. The van der Waals surface area contributed by atoms with Crippen LogP contribution in [0.2, 0.25) is 0 Å². The van der Waals surface area contributed by atoms with E-state index in [0.717, 1.165) is 11.1 Å². The molecule has 156 valence electrons. The summed E-state index contributed by atoms with van der Waals surface area (Å²) >= 11 is 0. The van der Waals surface area contributed by atoms with Gasteiger partial charge in [0.15, 0.2) is 17.3 Å². The minimum absolute atomic E-state index is 0.163. The van der Waals surface area contributed by atoms with Gasteiger partial charge in [-0.2, -0.15) is 0 Å².